The van der Waals surface area contributed by atoms with Crippen LogP contribution >= 0.6 is 0 Å². The highest BCUT2D eigenvalue weighted by atomic mass is 32.2. The molecule has 2 aromatic rings. The monoisotopic (exact) mass is 240 g/mol. The maximum absolute atomic E-state index is 11.6. The molecule has 1 N–H and O–H groups in total. The number of hydrogen-bond donors (Lipinski definition) is 1. The van der Waals surface area contributed by atoms with Crippen molar-refractivity contribution in [2.75, 3.05) is 6.26 Å². The summed E-state index contributed by atoms with van der Waals surface area (Å²) >= 11 is 0. The molecule has 2 rings (SSSR count). The minimum absolute atomic E-state index is 0.142. The first-order valence-electron chi connectivity index (χ1n) is 4.77. The van der Waals surface area contributed by atoms with Crippen molar-refractivity contribution in [3.63, 3.8) is 0 Å². The fourth-order valence-corrected chi connectivity index (χ4v) is 2.68. The molecule has 0 fully saturated rings. The number of aromatic nitrogens is 2. The average molecular weight is 240 g/mol. The van der Waals surface area contributed by atoms with Crippen molar-refractivity contribution in [2.45, 2.75) is 13.0 Å². The topological polar surface area (TPSA) is 72.2 Å². The van der Waals surface area contributed by atoms with Crippen LogP contribution in [-0.4, -0.2) is 28.7 Å². The lowest BCUT2D eigenvalue weighted by Gasteiger charge is -2.07. The SMILES string of the molecule is CC(O)c1nc2ccccc2n1S(C)(=O)=O. The second-order valence-corrected chi connectivity index (χ2v) is 5.49. The molecule has 1 unspecified atom stereocenters. The van der Waals surface area contributed by atoms with Crippen LogP contribution in [0, 0.1) is 0 Å². The van der Waals surface area contributed by atoms with Crippen LogP contribution in [-0.2, 0) is 10.0 Å². The Bertz CT molecular complexity index is 629. The van der Waals surface area contributed by atoms with Gasteiger partial charge in [-0.1, -0.05) is 12.1 Å². The number of nitrogens with zero attached hydrogens (tertiary/aromatic N) is 2. The van der Waals surface area contributed by atoms with Crippen molar-refractivity contribution in [1.82, 2.24) is 8.96 Å². The van der Waals surface area contributed by atoms with E-state index in [1.54, 1.807) is 24.3 Å². The van der Waals surface area contributed by atoms with Gasteiger partial charge in [0.15, 0.2) is 5.82 Å². The molecule has 0 radical (unpaired) electrons. The molecule has 0 amide bonds. The molecule has 0 bridgehead atoms. The highest BCUT2D eigenvalue weighted by Crippen LogP contribution is 2.21. The van der Waals surface area contributed by atoms with Crippen LogP contribution in [0.15, 0.2) is 24.3 Å². The van der Waals surface area contributed by atoms with Gasteiger partial charge in [-0.15, -0.1) is 0 Å². The standard InChI is InChI=1S/C10H12N2O3S/c1-7(13)10-11-8-5-3-4-6-9(8)12(10)16(2,14)15/h3-7,13H,1-2H3. The number of benzene rings is 1. The highest BCUT2D eigenvalue weighted by molar-refractivity contribution is 7.89. The summed E-state index contributed by atoms with van der Waals surface area (Å²) in [7, 11) is -3.47. The largest absolute Gasteiger partial charge is 0.385 e. The van der Waals surface area contributed by atoms with Crippen molar-refractivity contribution >= 4 is 21.1 Å². The summed E-state index contributed by atoms with van der Waals surface area (Å²) in [6, 6.07) is 6.88. The molecular formula is C10H12N2O3S. The van der Waals surface area contributed by atoms with Gasteiger partial charge in [0, 0.05) is 0 Å². The summed E-state index contributed by atoms with van der Waals surface area (Å²) in [6.45, 7) is 1.49. The number of imidazole rings is 1. The third-order valence-electron chi connectivity index (χ3n) is 2.25. The second kappa shape index (κ2) is 3.57. The number of hydrogen-bond acceptors (Lipinski definition) is 4. The lowest BCUT2D eigenvalue weighted by Crippen LogP contribution is -2.15. The van der Waals surface area contributed by atoms with E-state index in [0.29, 0.717) is 11.0 Å². The molecule has 1 aromatic heterocycles. The molecule has 0 saturated carbocycles. The predicted octanol–water partition coefficient (Wildman–Crippen LogP) is 0.897. The van der Waals surface area contributed by atoms with Crippen LogP contribution < -0.4 is 0 Å². The Morgan fingerprint density at radius 1 is 1.38 bits per heavy atom. The fourth-order valence-electron chi connectivity index (χ4n) is 1.63. The van der Waals surface area contributed by atoms with Crippen LogP contribution in [0.1, 0.15) is 18.9 Å². The van der Waals surface area contributed by atoms with E-state index in [1.165, 1.54) is 6.92 Å². The van der Waals surface area contributed by atoms with E-state index in [1.807, 2.05) is 0 Å². The van der Waals surface area contributed by atoms with E-state index in [4.69, 9.17) is 0 Å². The van der Waals surface area contributed by atoms with Crippen molar-refractivity contribution in [2.24, 2.45) is 0 Å². The Balaban J connectivity index is 2.91. The molecule has 1 aromatic carbocycles. The van der Waals surface area contributed by atoms with Gasteiger partial charge in [-0.05, 0) is 19.1 Å². The molecule has 1 atom stereocenters. The summed E-state index contributed by atoms with van der Waals surface area (Å²) in [5, 5.41) is 9.52. The molecule has 16 heavy (non-hydrogen) atoms. The maximum atomic E-state index is 11.6. The van der Waals surface area contributed by atoms with Crippen molar-refractivity contribution in [1.29, 1.82) is 0 Å². The van der Waals surface area contributed by atoms with Gasteiger partial charge in [-0.2, -0.15) is 0 Å². The van der Waals surface area contributed by atoms with Crippen molar-refractivity contribution < 1.29 is 13.5 Å². The van der Waals surface area contributed by atoms with E-state index < -0.39 is 16.1 Å². The third kappa shape index (κ3) is 1.70. The minimum Gasteiger partial charge on any atom is -0.385 e. The van der Waals surface area contributed by atoms with Crippen LogP contribution in [0.25, 0.3) is 11.0 Å². The first-order valence-corrected chi connectivity index (χ1v) is 6.62. The van der Waals surface area contributed by atoms with E-state index in [2.05, 4.69) is 4.98 Å². The zero-order valence-corrected chi connectivity index (χ0v) is 9.77. The molecule has 5 nitrogen and oxygen atoms in total. The Morgan fingerprint density at radius 3 is 2.56 bits per heavy atom. The maximum Gasteiger partial charge on any atom is 0.237 e. The molecule has 86 valence electrons. The number of rotatable bonds is 2. The zero-order valence-electron chi connectivity index (χ0n) is 8.95. The number of para-hydroxylation sites is 2. The van der Waals surface area contributed by atoms with Crippen molar-refractivity contribution in [3.05, 3.63) is 30.1 Å². The predicted molar refractivity (Wildman–Crippen MR) is 60.6 cm³/mol. The van der Waals surface area contributed by atoms with Crippen LogP contribution in [0.5, 0.6) is 0 Å². The first-order chi connectivity index (χ1) is 7.41. The second-order valence-electron chi connectivity index (χ2n) is 3.66. The Morgan fingerprint density at radius 2 is 2.00 bits per heavy atom. The van der Waals surface area contributed by atoms with Gasteiger partial charge in [-0.3, -0.25) is 0 Å². The average Bonchev–Trinajstić information content (AvgIpc) is 2.55. The molecule has 0 aliphatic rings. The van der Waals surface area contributed by atoms with Crippen LogP contribution in [0.4, 0.5) is 0 Å². The molecule has 0 saturated heterocycles. The lowest BCUT2D eigenvalue weighted by molar-refractivity contribution is 0.189. The van der Waals surface area contributed by atoms with Gasteiger partial charge in [-0.25, -0.2) is 17.4 Å². The molecule has 6 heteroatoms. The van der Waals surface area contributed by atoms with Gasteiger partial charge < -0.3 is 5.11 Å². The first kappa shape index (κ1) is 11.1. The lowest BCUT2D eigenvalue weighted by atomic mass is 10.3. The van der Waals surface area contributed by atoms with E-state index in [9.17, 15) is 13.5 Å². The summed E-state index contributed by atoms with van der Waals surface area (Å²) in [6.07, 6.45) is 0.162. The number of fused-ring (bicyclic) bond motifs is 1. The minimum atomic E-state index is -3.47. The van der Waals surface area contributed by atoms with Crippen molar-refractivity contribution in [3.8, 4) is 0 Å². The fraction of sp³-hybridized carbons (Fsp3) is 0.300. The third-order valence-corrected chi connectivity index (χ3v) is 3.30. The zero-order chi connectivity index (χ0) is 11.9. The van der Waals surface area contributed by atoms with Gasteiger partial charge in [0.1, 0.15) is 6.10 Å². The van der Waals surface area contributed by atoms with E-state index in [0.717, 1.165) is 10.2 Å². The number of aliphatic hydroxyl groups excluding tert-OH is 1. The van der Waals surface area contributed by atoms with E-state index in [-0.39, 0.29) is 5.82 Å². The smallest absolute Gasteiger partial charge is 0.237 e. The summed E-state index contributed by atoms with van der Waals surface area (Å²) < 4.78 is 24.4. The molecular weight excluding hydrogens is 228 g/mol. The van der Waals surface area contributed by atoms with Crippen LogP contribution in [0.3, 0.4) is 0 Å². The highest BCUT2D eigenvalue weighted by Gasteiger charge is 2.20. The van der Waals surface area contributed by atoms with Gasteiger partial charge in [0.2, 0.25) is 10.0 Å². The molecule has 0 aliphatic carbocycles. The molecule has 1 heterocycles. The van der Waals surface area contributed by atoms with Gasteiger partial charge in [0.05, 0.1) is 17.3 Å². The Hall–Kier alpha value is -1.40. The van der Waals surface area contributed by atoms with Gasteiger partial charge >= 0.3 is 0 Å². The molecule has 0 aliphatic heterocycles. The normalized spacial score (nSPS) is 14.2. The summed E-state index contributed by atoms with van der Waals surface area (Å²) in [5.41, 5.74) is 1.05. The summed E-state index contributed by atoms with van der Waals surface area (Å²) in [4.78, 5) is 4.11. The van der Waals surface area contributed by atoms with E-state index >= 15 is 0 Å². The molecule has 0 spiro atoms. The summed E-state index contributed by atoms with van der Waals surface area (Å²) in [5.74, 6) is 0.142. The van der Waals surface area contributed by atoms with Gasteiger partial charge in [0.25, 0.3) is 0 Å². The quantitative estimate of drug-likeness (QED) is 0.846. The Labute approximate surface area is 93.4 Å². The van der Waals surface area contributed by atoms with Crippen LogP contribution in [0.2, 0.25) is 0 Å². The Kier molecular flexibility index (Phi) is 2.47. The number of aliphatic hydroxyl groups is 1.